The van der Waals surface area contributed by atoms with Gasteiger partial charge < -0.3 is 20.1 Å². The van der Waals surface area contributed by atoms with Crippen LogP contribution in [0.2, 0.25) is 0 Å². The molecule has 0 spiro atoms. The lowest BCUT2D eigenvalue weighted by atomic mass is 10.1. The van der Waals surface area contributed by atoms with E-state index in [9.17, 15) is 4.79 Å². The van der Waals surface area contributed by atoms with Crippen molar-refractivity contribution in [1.82, 2.24) is 15.6 Å². The number of carbonyl (C=O) groups is 1. The van der Waals surface area contributed by atoms with Gasteiger partial charge in [-0.15, -0.1) is 11.3 Å². The first-order chi connectivity index (χ1) is 12.7. The summed E-state index contributed by atoms with van der Waals surface area (Å²) in [6, 6.07) is 13.5. The molecule has 7 heteroatoms. The van der Waals surface area contributed by atoms with Crippen molar-refractivity contribution in [3.8, 4) is 11.5 Å². The second-order valence-electron chi connectivity index (χ2n) is 5.62. The first-order valence-corrected chi connectivity index (χ1v) is 9.08. The third-order valence-corrected chi connectivity index (χ3v) is 4.92. The number of carbonyl (C=O) groups excluding carboxylic acids is 1. The smallest absolute Gasteiger partial charge is 0.315 e. The molecular weight excluding hydrogens is 350 g/mol. The second kappa shape index (κ2) is 8.53. The first-order valence-electron chi connectivity index (χ1n) is 8.26. The quantitative estimate of drug-likeness (QED) is 0.668. The van der Waals surface area contributed by atoms with Gasteiger partial charge in [0.15, 0.2) is 11.5 Å². The van der Waals surface area contributed by atoms with Gasteiger partial charge in [-0.25, -0.2) is 9.78 Å². The molecule has 2 amide bonds. The Labute approximate surface area is 156 Å². The number of thiazole rings is 1. The molecule has 0 atom stereocenters. The molecule has 2 aromatic carbocycles. The number of nitrogens with one attached hydrogen (secondary N) is 2. The summed E-state index contributed by atoms with van der Waals surface area (Å²) in [7, 11) is 3.21. The third kappa shape index (κ3) is 4.43. The predicted molar refractivity (Wildman–Crippen MR) is 103 cm³/mol. The summed E-state index contributed by atoms with van der Waals surface area (Å²) in [5.41, 5.74) is 2.03. The van der Waals surface area contributed by atoms with Crippen LogP contribution in [0.3, 0.4) is 0 Å². The summed E-state index contributed by atoms with van der Waals surface area (Å²) in [6.07, 6.45) is 0.703. The number of amides is 2. The number of ether oxygens (including phenoxy) is 2. The average Bonchev–Trinajstić information content (AvgIpc) is 3.09. The highest BCUT2D eigenvalue weighted by Crippen LogP contribution is 2.27. The van der Waals surface area contributed by atoms with E-state index in [1.165, 1.54) is 0 Å². The van der Waals surface area contributed by atoms with Crippen molar-refractivity contribution in [3.63, 3.8) is 0 Å². The van der Waals surface area contributed by atoms with Gasteiger partial charge in [0.25, 0.3) is 0 Å². The number of hydrogen-bond donors (Lipinski definition) is 2. The molecule has 0 unspecified atom stereocenters. The molecule has 3 rings (SSSR count). The third-order valence-electron chi connectivity index (χ3n) is 3.89. The van der Waals surface area contributed by atoms with E-state index in [1.54, 1.807) is 25.6 Å². The van der Waals surface area contributed by atoms with Crippen molar-refractivity contribution in [2.24, 2.45) is 0 Å². The summed E-state index contributed by atoms with van der Waals surface area (Å²) in [6.45, 7) is 0.947. The number of methoxy groups -OCH3 is 2. The standard InChI is InChI=1S/C19H21N3O3S/c1-24-15-8-7-13(11-16(15)25-2)9-10-20-19(23)21-12-18-22-14-5-3-4-6-17(14)26-18/h3-8,11H,9-10,12H2,1-2H3,(H2,20,21,23). The Kier molecular flexibility index (Phi) is 5.91. The van der Waals surface area contributed by atoms with Crippen LogP contribution in [-0.2, 0) is 13.0 Å². The van der Waals surface area contributed by atoms with Crippen LogP contribution in [0.5, 0.6) is 11.5 Å². The second-order valence-corrected chi connectivity index (χ2v) is 6.74. The fourth-order valence-electron chi connectivity index (χ4n) is 2.57. The van der Waals surface area contributed by atoms with Crippen LogP contribution in [0.4, 0.5) is 4.79 Å². The lowest BCUT2D eigenvalue weighted by Gasteiger charge is -2.10. The lowest BCUT2D eigenvalue weighted by Crippen LogP contribution is -2.36. The molecule has 0 aliphatic rings. The highest BCUT2D eigenvalue weighted by atomic mass is 32.1. The molecule has 0 fully saturated rings. The molecule has 26 heavy (non-hydrogen) atoms. The van der Waals surface area contributed by atoms with Crippen LogP contribution in [-0.4, -0.2) is 31.8 Å². The first kappa shape index (κ1) is 18.0. The Morgan fingerprint density at radius 2 is 1.88 bits per heavy atom. The fraction of sp³-hybridized carbons (Fsp3) is 0.263. The van der Waals surface area contributed by atoms with Gasteiger partial charge in [0.05, 0.1) is 31.0 Å². The highest BCUT2D eigenvalue weighted by molar-refractivity contribution is 7.18. The summed E-state index contributed by atoms with van der Waals surface area (Å²) in [5, 5.41) is 6.59. The minimum Gasteiger partial charge on any atom is -0.493 e. The van der Waals surface area contributed by atoms with Gasteiger partial charge in [0, 0.05) is 6.54 Å². The normalized spacial score (nSPS) is 10.5. The van der Waals surface area contributed by atoms with Gasteiger partial charge >= 0.3 is 6.03 Å². The lowest BCUT2D eigenvalue weighted by molar-refractivity contribution is 0.240. The van der Waals surface area contributed by atoms with Gasteiger partial charge in [-0.3, -0.25) is 0 Å². The largest absolute Gasteiger partial charge is 0.493 e. The Bertz CT molecular complexity index is 862. The van der Waals surface area contributed by atoms with Crippen molar-refractivity contribution < 1.29 is 14.3 Å². The molecule has 3 aromatic rings. The Hall–Kier alpha value is -2.80. The monoisotopic (exact) mass is 371 g/mol. The Morgan fingerprint density at radius 1 is 1.08 bits per heavy atom. The summed E-state index contributed by atoms with van der Waals surface area (Å²) < 4.78 is 11.6. The minimum absolute atomic E-state index is 0.204. The predicted octanol–water partition coefficient (Wildman–Crippen LogP) is 3.36. The van der Waals surface area contributed by atoms with Crippen molar-refractivity contribution in [1.29, 1.82) is 0 Å². The SMILES string of the molecule is COc1ccc(CCNC(=O)NCc2nc3ccccc3s2)cc1OC. The number of aromatic nitrogens is 1. The van der Waals surface area contributed by atoms with Crippen LogP contribution in [0.15, 0.2) is 42.5 Å². The molecule has 6 nitrogen and oxygen atoms in total. The molecule has 0 saturated carbocycles. The molecule has 1 heterocycles. The van der Waals surface area contributed by atoms with E-state index in [1.807, 2.05) is 42.5 Å². The zero-order valence-corrected chi connectivity index (χ0v) is 15.6. The highest BCUT2D eigenvalue weighted by Gasteiger charge is 2.07. The number of rotatable bonds is 7. The van der Waals surface area contributed by atoms with Crippen LogP contribution in [0.25, 0.3) is 10.2 Å². The van der Waals surface area contributed by atoms with Crippen molar-refractivity contribution >= 4 is 27.6 Å². The van der Waals surface area contributed by atoms with Crippen LogP contribution < -0.4 is 20.1 Å². The molecule has 0 aliphatic heterocycles. The number of fused-ring (bicyclic) bond motifs is 1. The van der Waals surface area contributed by atoms with E-state index in [2.05, 4.69) is 15.6 Å². The number of benzene rings is 2. The Morgan fingerprint density at radius 3 is 2.65 bits per heavy atom. The molecule has 0 bridgehead atoms. The molecule has 2 N–H and O–H groups in total. The van der Waals surface area contributed by atoms with Gasteiger partial charge in [0.1, 0.15) is 5.01 Å². The number of nitrogens with zero attached hydrogens (tertiary/aromatic N) is 1. The van der Waals surface area contributed by atoms with E-state index in [-0.39, 0.29) is 6.03 Å². The van der Waals surface area contributed by atoms with E-state index in [4.69, 9.17) is 9.47 Å². The molecule has 0 aliphatic carbocycles. The van der Waals surface area contributed by atoms with Crippen molar-refractivity contribution in [2.45, 2.75) is 13.0 Å². The maximum Gasteiger partial charge on any atom is 0.315 e. The number of para-hydroxylation sites is 1. The van der Waals surface area contributed by atoms with Gasteiger partial charge in [0.2, 0.25) is 0 Å². The van der Waals surface area contributed by atoms with E-state index in [0.29, 0.717) is 31.0 Å². The molecule has 136 valence electrons. The topological polar surface area (TPSA) is 72.5 Å². The fourth-order valence-corrected chi connectivity index (χ4v) is 3.48. The molecule has 0 radical (unpaired) electrons. The van der Waals surface area contributed by atoms with E-state index in [0.717, 1.165) is 20.8 Å². The zero-order chi connectivity index (χ0) is 18.4. The van der Waals surface area contributed by atoms with E-state index < -0.39 is 0 Å². The molecular formula is C19H21N3O3S. The van der Waals surface area contributed by atoms with Gasteiger partial charge in [-0.05, 0) is 36.2 Å². The minimum atomic E-state index is -0.204. The maximum absolute atomic E-state index is 12.0. The van der Waals surface area contributed by atoms with Crippen LogP contribution in [0.1, 0.15) is 10.6 Å². The van der Waals surface area contributed by atoms with Gasteiger partial charge in [-0.2, -0.15) is 0 Å². The van der Waals surface area contributed by atoms with E-state index >= 15 is 0 Å². The van der Waals surface area contributed by atoms with Crippen molar-refractivity contribution in [2.75, 3.05) is 20.8 Å². The summed E-state index contributed by atoms with van der Waals surface area (Å²) in [4.78, 5) is 16.5. The zero-order valence-electron chi connectivity index (χ0n) is 14.7. The van der Waals surface area contributed by atoms with Crippen LogP contribution in [0, 0.1) is 0 Å². The van der Waals surface area contributed by atoms with Crippen LogP contribution >= 0.6 is 11.3 Å². The maximum atomic E-state index is 12.0. The Balaban J connectivity index is 1.45. The summed E-state index contributed by atoms with van der Waals surface area (Å²) in [5.74, 6) is 1.38. The van der Waals surface area contributed by atoms with Gasteiger partial charge in [-0.1, -0.05) is 18.2 Å². The van der Waals surface area contributed by atoms with Crippen molar-refractivity contribution in [3.05, 3.63) is 53.0 Å². The number of urea groups is 1. The number of hydrogen-bond acceptors (Lipinski definition) is 5. The molecule has 1 aromatic heterocycles. The molecule has 0 saturated heterocycles. The summed E-state index contributed by atoms with van der Waals surface area (Å²) >= 11 is 1.59. The average molecular weight is 371 g/mol.